The maximum Gasteiger partial charge on any atom is 0.239 e. The first-order chi connectivity index (χ1) is 8.99. The highest BCUT2D eigenvalue weighted by atomic mass is 35.5. The lowest BCUT2D eigenvalue weighted by atomic mass is 10.1. The van der Waals surface area contributed by atoms with Crippen LogP contribution in [0.25, 0.3) is 0 Å². The predicted octanol–water partition coefficient (Wildman–Crippen LogP) is 1.59. The first-order valence-electron chi connectivity index (χ1n) is 7.25. The number of halogens is 1. The average Bonchev–Trinajstić information content (AvgIpc) is 2.38. The molecular formula is C14H30ClN3O2. The quantitative estimate of drug-likeness (QED) is 0.573. The molecule has 120 valence electrons. The van der Waals surface area contributed by atoms with Crippen LogP contribution in [-0.4, -0.2) is 30.9 Å². The molecule has 0 spiro atoms. The number of nitrogens with one attached hydrogen (secondary N) is 2. The molecule has 2 amide bonds. The SMILES string of the molecule is CCCCC(CN)NC(=O)CNC(=O)CCC(C)C.Cl. The van der Waals surface area contributed by atoms with Gasteiger partial charge in [0.25, 0.3) is 0 Å². The van der Waals surface area contributed by atoms with E-state index >= 15 is 0 Å². The highest BCUT2D eigenvalue weighted by molar-refractivity contribution is 5.85. The number of hydrogen-bond donors (Lipinski definition) is 3. The van der Waals surface area contributed by atoms with Crippen LogP contribution in [0.1, 0.15) is 52.9 Å². The fourth-order valence-corrected chi connectivity index (χ4v) is 1.67. The maximum atomic E-state index is 11.6. The fourth-order valence-electron chi connectivity index (χ4n) is 1.67. The number of carbonyl (C=O) groups excluding carboxylic acids is 2. The van der Waals surface area contributed by atoms with E-state index in [2.05, 4.69) is 31.4 Å². The first-order valence-corrected chi connectivity index (χ1v) is 7.25. The van der Waals surface area contributed by atoms with Crippen LogP contribution >= 0.6 is 12.4 Å². The fraction of sp³-hybridized carbons (Fsp3) is 0.857. The van der Waals surface area contributed by atoms with Gasteiger partial charge in [0.15, 0.2) is 0 Å². The molecule has 0 aromatic rings. The Kier molecular flexibility index (Phi) is 14.2. The van der Waals surface area contributed by atoms with E-state index in [9.17, 15) is 9.59 Å². The van der Waals surface area contributed by atoms with Gasteiger partial charge in [0.2, 0.25) is 11.8 Å². The van der Waals surface area contributed by atoms with Crippen molar-refractivity contribution < 1.29 is 9.59 Å². The topological polar surface area (TPSA) is 84.2 Å². The maximum absolute atomic E-state index is 11.6. The highest BCUT2D eigenvalue weighted by Gasteiger charge is 2.11. The Balaban J connectivity index is 0. The molecule has 0 saturated carbocycles. The summed E-state index contributed by atoms with van der Waals surface area (Å²) in [4.78, 5) is 23.1. The summed E-state index contributed by atoms with van der Waals surface area (Å²) in [6.07, 6.45) is 4.33. The second kappa shape index (κ2) is 13.2. The molecule has 4 N–H and O–H groups in total. The molecule has 0 fully saturated rings. The first kappa shape index (κ1) is 21.5. The van der Waals surface area contributed by atoms with Crippen LogP contribution in [-0.2, 0) is 9.59 Å². The molecule has 0 heterocycles. The van der Waals surface area contributed by atoms with Gasteiger partial charge >= 0.3 is 0 Å². The molecular weight excluding hydrogens is 278 g/mol. The number of unbranched alkanes of at least 4 members (excludes halogenated alkanes) is 1. The lowest BCUT2D eigenvalue weighted by molar-refractivity contribution is -0.126. The highest BCUT2D eigenvalue weighted by Crippen LogP contribution is 2.02. The van der Waals surface area contributed by atoms with Crippen LogP contribution in [0.3, 0.4) is 0 Å². The van der Waals surface area contributed by atoms with Crippen LogP contribution in [0.4, 0.5) is 0 Å². The summed E-state index contributed by atoms with van der Waals surface area (Å²) in [5, 5.41) is 5.47. The summed E-state index contributed by atoms with van der Waals surface area (Å²) in [6.45, 7) is 6.72. The second-order valence-corrected chi connectivity index (χ2v) is 5.35. The molecule has 20 heavy (non-hydrogen) atoms. The zero-order valence-electron chi connectivity index (χ0n) is 12.9. The van der Waals surface area contributed by atoms with Crippen LogP contribution in [0, 0.1) is 5.92 Å². The van der Waals surface area contributed by atoms with Gasteiger partial charge in [0.05, 0.1) is 6.54 Å². The average molecular weight is 308 g/mol. The molecule has 5 nitrogen and oxygen atoms in total. The number of hydrogen-bond acceptors (Lipinski definition) is 3. The van der Waals surface area contributed by atoms with E-state index in [0.717, 1.165) is 25.7 Å². The number of nitrogens with two attached hydrogens (primary N) is 1. The van der Waals surface area contributed by atoms with Crippen molar-refractivity contribution in [1.82, 2.24) is 10.6 Å². The van der Waals surface area contributed by atoms with Gasteiger partial charge in [-0.05, 0) is 18.8 Å². The monoisotopic (exact) mass is 307 g/mol. The molecule has 1 unspecified atom stereocenters. The van der Waals surface area contributed by atoms with Crippen molar-refractivity contribution in [3.63, 3.8) is 0 Å². The normalized spacial score (nSPS) is 11.7. The Labute approximate surface area is 128 Å². The van der Waals surface area contributed by atoms with Crippen molar-refractivity contribution in [2.24, 2.45) is 11.7 Å². The Morgan fingerprint density at radius 3 is 2.30 bits per heavy atom. The van der Waals surface area contributed by atoms with E-state index < -0.39 is 0 Å². The van der Waals surface area contributed by atoms with Gasteiger partial charge in [0.1, 0.15) is 0 Å². The van der Waals surface area contributed by atoms with E-state index in [-0.39, 0.29) is 36.8 Å². The minimum atomic E-state index is -0.163. The van der Waals surface area contributed by atoms with Crippen molar-refractivity contribution in [3.05, 3.63) is 0 Å². The van der Waals surface area contributed by atoms with Gasteiger partial charge in [-0.3, -0.25) is 9.59 Å². The molecule has 0 aliphatic carbocycles. The lowest BCUT2D eigenvalue weighted by Gasteiger charge is -2.16. The van der Waals surface area contributed by atoms with Crippen molar-refractivity contribution in [2.45, 2.75) is 58.9 Å². The molecule has 0 aliphatic heterocycles. The van der Waals surface area contributed by atoms with Crippen molar-refractivity contribution in [3.8, 4) is 0 Å². The molecule has 0 aromatic carbocycles. The Morgan fingerprint density at radius 2 is 1.80 bits per heavy atom. The van der Waals surface area contributed by atoms with Crippen LogP contribution in [0.15, 0.2) is 0 Å². The molecule has 1 atom stereocenters. The Morgan fingerprint density at radius 1 is 1.15 bits per heavy atom. The third-order valence-corrected chi connectivity index (χ3v) is 2.95. The molecule has 0 saturated heterocycles. The van der Waals surface area contributed by atoms with Gasteiger partial charge in [-0.15, -0.1) is 12.4 Å². The van der Waals surface area contributed by atoms with E-state index in [4.69, 9.17) is 5.73 Å². The summed E-state index contributed by atoms with van der Waals surface area (Å²) in [5.41, 5.74) is 5.60. The summed E-state index contributed by atoms with van der Waals surface area (Å²) >= 11 is 0. The van der Waals surface area contributed by atoms with E-state index in [1.807, 2.05) is 0 Å². The molecule has 0 bridgehead atoms. The third-order valence-electron chi connectivity index (χ3n) is 2.95. The third kappa shape index (κ3) is 12.2. The summed E-state index contributed by atoms with van der Waals surface area (Å²) in [6, 6.07) is 0.0139. The summed E-state index contributed by atoms with van der Waals surface area (Å²) < 4.78 is 0. The molecule has 6 heteroatoms. The minimum Gasteiger partial charge on any atom is -0.351 e. The second-order valence-electron chi connectivity index (χ2n) is 5.35. The summed E-state index contributed by atoms with van der Waals surface area (Å²) in [7, 11) is 0. The standard InChI is InChI=1S/C14H29N3O2.ClH/c1-4-5-6-12(9-15)17-14(19)10-16-13(18)8-7-11(2)3;/h11-12H,4-10,15H2,1-3H3,(H,16,18)(H,17,19);1H. The van der Waals surface area contributed by atoms with Crippen LogP contribution in [0.2, 0.25) is 0 Å². The summed E-state index contributed by atoms with van der Waals surface area (Å²) in [5.74, 6) is 0.265. The van der Waals surface area contributed by atoms with E-state index in [0.29, 0.717) is 18.9 Å². The van der Waals surface area contributed by atoms with Gasteiger partial charge < -0.3 is 16.4 Å². The van der Waals surface area contributed by atoms with Crippen molar-refractivity contribution >= 4 is 24.2 Å². The van der Waals surface area contributed by atoms with Crippen molar-refractivity contribution in [1.29, 1.82) is 0 Å². The molecule has 0 rings (SSSR count). The van der Waals surface area contributed by atoms with Crippen LogP contribution < -0.4 is 16.4 Å². The van der Waals surface area contributed by atoms with Gasteiger partial charge in [-0.1, -0.05) is 33.6 Å². The van der Waals surface area contributed by atoms with Gasteiger partial charge in [-0.2, -0.15) is 0 Å². The van der Waals surface area contributed by atoms with Gasteiger partial charge in [0, 0.05) is 19.0 Å². The zero-order chi connectivity index (χ0) is 14.7. The van der Waals surface area contributed by atoms with Crippen molar-refractivity contribution in [2.75, 3.05) is 13.1 Å². The minimum absolute atomic E-state index is 0. The number of rotatable bonds is 10. The number of carbonyl (C=O) groups is 2. The Bertz CT molecular complexity index is 273. The largest absolute Gasteiger partial charge is 0.351 e. The number of amides is 2. The molecule has 0 aromatic heterocycles. The molecule has 0 radical (unpaired) electrons. The molecule has 0 aliphatic rings. The smallest absolute Gasteiger partial charge is 0.239 e. The Hall–Kier alpha value is -0.810. The lowest BCUT2D eigenvalue weighted by Crippen LogP contribution is -2.45. The van der Waals surface area contributed by atoms with E-state index in [1.165, 1.54) is 0 Å². The zero-order valence-corrected chi connectivity index (χ0v) is 13.7. The van der Waals surface area contributed by atoms with Gasteiger partial charge in [-0.25, -0.2) is 0 Å². The predicted molar refractivity (Wildman–Crippen MR) is 84.8 cm³/mol. The van der Waals surface area contributed by atoms with E-state index in [1.54, 1.807) is 0 Å². The van der Waals surface area contributed by atoms with Crippen LogP contribution in [0.5, 0.6) is 0 Å².